The van der Waals surface area contributed by atoms with Gasteiger partial charge in [0.15, 0.2) is 0 Å². The fourth-order valence-electron chi connectivity index (χ4n) is 2.46. The van der Waals surface area contributed by atoms with Crippen LogP contribution in [0.25, 0.3) is 0 Å². The summed E-state index contributed by atoms with van der Waals surface area (Å²) < 4.78 is 18.0. The summed E-state index contributed by atoms with van der Waals surface area (Å²) in [5.74, 6) is 0.386. The molecule has 0 heterocycles. The maximum absolute atomic E-state index is 12.9. The molecule has 0 bridgehead atoms. The second-order valence-corrected chi connectivity index (χ2v) is 5.66. The number of aliphatic hydroxyl groups excluding tert-OH is 1. The molecular formula is C19H23FN2O3. The molecule has 3 N–H and O–H groups in total. The minimum absolute atomic E-state index is 0.0382. The first-order chi connectivity index (χ1) is 12.0. The SMILES string of the molecule is CC[C@@H](NC(=O)NC[C@H](O)c1ccc(F)cc1)c1ccc(OC)cc1. The molecule has 0 aromatic heterocycles. The molecule has 0 aliphatic rings. The van der Waals surface area contributed by atoms with Gasteiger partial charge in [0, 0.05) is 6.54 Å². The lowest BCUT2D eigenvalue weighted by Crippen LogP contribution is -2.39. The molecule has 0 saturated carbocycles. The number of halogens is 1. The number of hydrogen-bond acceptors (Lipinski definition) is 3. The highest BCUT2D eigenvalue weighted by Gasteiger charge is 2.14. The third kappa shape index (κ3) is 5.46. The third-order valence-electron chi connectivity index (χ3n) is 3.94. The summed E-state index contributed by atoms with van der Waals surface area (Å²) in [4.78, 5) is 12.1. The third-order valence-corrected chi connectivity index (χ3v) is 3.94. The number of amides is 2. The summed E-state index contributed by atoms with van der Waals surface area (Å²) in [6.45, 7) is 2.01. The second kappa shape index (κ2) is 9.03. The molecule has 0 unspecified atom stereocenters. The monoisotopic (exact) mass is 346 g/mol. The van der Waals surface area contributed by atoms with Crippen LogP contribution in [0.15, 0.2) is 48.5 Å². The average Bonchev–Trinajstić information content (AvgIpc) is 2.65. The molecule has 0 saturated heterocycles. The Bertz CT molecular complexity index is 674. The normalized spacial score (nSPS) is 13.0. The van der Waals surface area contributed by atoms with E-state index in [1.165, 1.54) is 24.3 Å². The number of ether oxygens (including phenoxy) is 1. The van der Waals surface area contributed by atoms with Crippen LogP contribution in [0.1, 0.15) is 36.6 Å². The number of nitrogens with one attached hydrogen (secondary N) is 2. The Morgan fingerprint density at radius 2 is 1.72 bits per heavy atom. The Morgan fingerprint density at radius 1 is 1.12 bits per heavy atom. The van der Waals surface area contributed by atoms with Crippen LogP contribution in [0, 0.1) is 5.82 Å². The fourth-order valence-corrected chi connectivity index (χ4v) is 2.46. The van der Waals surface area contributed by atoms with Crippen LogP contribution >= 0.6 is 0 Å². The topological polar surface area (TPSA) is 70.6 Å². The van der Waals surface area contributed by atoms with E-state index in [0.29, 0.717) is 5.56 Å². The number of hydrogen-bond donors (Lipinski definition) is 3. The molecular weight excluding hydrogens is 323 g/mol. The van der Waals surface area contributed by atoms with E-state index in [4.69, 9.17) is 4.74 Å². The van der Waals surface area contributed by atoms with Gasteiger partial charge in [0.25, 0.3) is 0 Å². The minimum Gasteiger partial charge on any atom is -0.497 e. The highest BCUT2D eigenvalue weighted by molar-refractivity contribution is 5.74. The Labute approximate surface area is 146 Å². The highest BCUT2D eigenvalue weighted by Crippen LogP contribution is 2.20. The van der Waals surface area contributed by atoms with Crippen molar-refractivity contribution in [3.63, 3.8) is 0 Å². The molecule has 0 fully saturated rings. The van der Waals surface area contributed by atoms with Gasteiger partial charge in [-0.2, -0.15) is 0 Å². The number of carbonyl (C=O) groups excluding carboxylic acids is 1. The number of carbonyl (C=O) groups is 1. The zero-order valence-electron chi connectivity index (χ0n) is 14.3. The van der Waals surface area contributed by atoms with Gasteiger partial charge in [-0.25, -0.2) is 9.18 Å². The van der Waals surface area contributed by atoms with E-state index in [1.54, 1.807) is 7.11 Å². The van der Waals surface area contributed by atoms with Crippen LogP contribution in [-0.2, 0) is 0 Å². The Kier molecular flexibility index (Phi) is 6.77. The van der Waals surface area contributed by atoms with Crippen LogP contribution in [0.5, 0.6) is 5.75 Å². The minimum atomic E-state index is -0.896. The van der Waals surface area contributed by atoms with Gasteiger partial charge in [0.1, 0.15) is 11.6 Å². The van der Waals surface area contributed by atoms with Crippen molar-refractivity contribution < 1.29 is 19.0 Å². The summed E-state index contributed by atoms with van der Waals surface area (Å²) in [5, 5.41) is 15.6. The van der Waals surface area contributed by atoms with Crippen LogP contribution in [-0.4, -0.2) is 24.8 Å². The summed E-state index contributed by atoms with van der Waals surface area (Å²) in [5.41, 5.74) is 1.52. The number of benzene rings is 2. The summed E-state index contributed by atoms with van der Waals surface area (Å²) in [6, 6.07) is 12.5. The lowest BCUT2D eigenvalue weighted by molar-refractivity contribution is 0.172. The molecule has 2 rings (SSSR count). The van der Waals surface area contributed by atoms with Gasteiger partial charge in [-0.05, 0) is 41.8 Å². The summed E-state index contributed by atoms with van der Waals surface area (Å²) >= 11 is 0. The highest BCUT2D eigenvalue weighted by atomic mass is 19.1. The Balaban J connectivity index is 1.87. The van der Waals surface area contributed by atoms with Crippen molar-refractivity contribution in [2.75, 3.05) is 13.7 Å². The van der Waals surface area contributed by atoms with Crippen LogP contribution in [0.2, 0.25) is 0 Å². The van der Waals surface area contributed by atoms with Crippen LogP contribution in [0.4, 0.5) is 9.18 Å². The van der Waals surface area contributed by atoms with Gasteiger partial charge >= 0.3 is 6.03 Å². The van der Waals surface area contributed by atoms with Gasteiger partial charge < -0.3 is 20.5 Å². The molecule has 0 aliphatic carbocycles. The lowest BCUT2D eigenvalue weighted by atomic mass is 10.0. The van der Waals surface area contributed by atoms with Crippen molar-refractivity contribution in [2.45, 2.75) is 25.5 Å². The van der Waals surface area contributed by atoms with Crippen molar-refractivity contribution in [3.8, 4) is 5.75 Å². The quantitative estimate of drug-likeness (QED) is 0.720. The molecule has 0 radical (unpaired) electrons. The average molecular weight is 346 g/mol. The van der Waals surface area contributed by atoms with E-state index in [-0.39, 0.29) is 24.4 Å². The first-order valence-corrected chi connectivity index (χ1v) is 8.15. The maximum atomic E-state index is 12.9. The molecule has 2 aromatic carbocycles. The summed E-state index contributed by atoms with van der Waals surface area (Å²) in [6.07, 6.45) is -0.173. The number of urea groups is 1. The lowest BCUT2D eigenvalue weighted by Gasteiger charge is -2.19. The molecule has 6 heteroatoms. The van der Waals surface area contributed by atoms with Gasteiger partial charge in [0.05, 0.1) is 19.3 Å². The molecule has 25 heavy (non-hydrogen) atoms. The van der Waals surface area contributed by atoms with E-state index in [0.717, 1.165) is 17.7 Å². The molecule has 2 aromatic rings. The van der Waals surface area contributed by atoms with Gasteiger partial charge in [-0.1, -0.05) is 31.2 Å². The van der Waals surface area contributed by atoms with Gasteiger partial charge in [-0.15, -0.1) is 0 Å². The molecule has 0 aliphatic heterocycles. The Morgan fingerprint density at radius 3 is 2.28 bits per heavy atom. The number of aliphatic hydroxyl groups is 1. The van der Waals surface area contributed by atoms with E-state index in [2.05, 4.69) is 10.6 Å². The second-order valence-electron chi connectivity index (χ2n) is 5.66. The fraction of sp³-hybridized carbons (Fsp3) is 0.316. The number of rotatable bonds is 7. The summed E-state index contributed by atoms with van der Waals surface area (Å²) in [7, 11) is 1.60. The first-order valence-electron chi connectivity index (χ1n) is 8.15. The van der Waals surface area contributed by atoms with Crippen LogP contribution in [0.3, 0.4) is 0 Å². The standard InChI is InChI=1S/C19H23FN2O3/c1-3-17(13-6-10-16(25-2)11-7-13)22-19(24)21-12-18(23)14-4-8-15(20)9-5-14/h4-11,17-18,23H,3,12H2,1-2H3,(H2,21,22,24)/t17-,18+/m1/s1. The molecule has 0 spiro atoms. The maximum Gasteiger partial charge on any atom is 0.315 e. The van der Waals surface area contributed by atoms with Gasteiger partial charge in [0.2, 0.25) is 0 Å². The zero-order valence-corrected chi connectivity index (χ0v) is 14.3. The van der Waals surface area contributed by atoms with Crippen molar-refractivity contribution in [2.24, 2.45) is 0 Å². The zero-order chi connectivity index (χ0) is 18.2. The van der Waals surface area contributed by atoms with E-state index in [9.17, 15) is 14.3 Å². The smallest absolute Gasteiger partial charge is 0.315 e. The molecule has 2 atom stereocenters. The molecule has 2 amide bonds. The largest absolute Gasteiger partial charge is 0.497 e. The Hall–Kier alpha value is -2.60. The number of methoxy groups -OCH3 is 1. The molecule has 5 nitrogen and oxygen atoms in total. The first kappa shape index (κ1) is 18.7. The molecule has 134 valence electrons. The van der Waals surface area contributed by atoms with Crippen molar-refractivity contribution in [1.82, 2.24) is 10.6 Å². The van der Waals surface area contributed by atoms with Crippen molar-refractivity contribution >= 4 is 6.03 Å². The predicted octanol–water partition coefficient (Wildman–Crippen LogP) is 3.32. The van der Waals surface area contributed by atoms with Crippen molar-refractivity contribution in [3.05, 3.63) is 65.5 Å². The predicted molar refractivity (Wildman–Crippen MR) is 93.9 cm³/mol. The van der Waals surface area contributed by atoms with E-state index >= 15 is 0 Å². The van der Waals surface area contributed by atoms with Crippen molar-refractivity contribution in [1.29, 1.82) is 0 Å². The van der Waals surface area contributed by atoms with E-state index in [1.807, 2.05) is 31.2 Å². The van der Waals surface area contributed by atoms with E-state index < -0.39 is 6.10 Å². The van der Waals surface area contributed by atoms with Crippen LogP contribution < -0.4 is 15.4 Å². The van der Waals surface area contributed by atoms with Gasteiger partial charge in [-0.3, -0.25) is 0 Å².